The summed E-state index contributed by atoms with van der Waals surface area (Å²) >= 11 is 1.60. The molecule has 0 aliphatic rings. The van der Waals surface area contributed by atoms with E-state index in [2.05, 4.69) is 11.6 Å². The van der Waals surface area contributed by atoms with Crippen molar-refractivity contribution in [1.29, 1.82) is 0 Å². The van der Waals surface area contributed by atoms with Gasteiger partial charge in [0, 0.05) is 24.9 Å². The molecule has 0 saturated heterocycles. The summed E-state index contributed by atoms with van der Waals surface area (Å²) in [5.41, 5.74) is 1.38. The minimum absolute atomic E-state index is 0.296. The molecule has 0 radical (unpaired) electrons. The van der Waals surface area contributed by atoms with E-state index in [1.54, 1.807) is 30.5 Å². The van der Waals surface area contributed by atoms with Crippen LogP contribution in [0.2, 0.25) is 0 Å². The van der Waals surface area contributed by atoms with Crippen molar-refractivity contribution in [1.82, 2.24) is 14.1 Å². The summed E-state index contributed by atoms with van der Waals surface area (Å²) in [5.74, 6) is 0. The molecule has 0 bridgehead atoms. The molecule has 0 aliphatic heterocycles. The van der Waals surface area contributed by atoms with Crippen molar-refractivity contribution in [3.05, 3.63) is 60.3 Å². The zero-order valence-corrected chi connectivity index (χ0v) is 14.7. The first-order valence-electron chi connectivity index (χ1n) is 7.42. The van der Waals surface area contributed by atoms with Crippen molar-refractivity contribution in [3.63, 3.8) is 0 Å². The van der Waals surface area contributed by atoms with Crippen LogP contribution in [0.4, 0.5) is 0 Å². The van der Waals surface area contributed by atoms with Crippen LogP contribution in [0, 0.1) is 13.8 Å². The van der Waals surface area contributed by atoms with Gasteiger partial charge in [-0.15, -0.1) is 11.3 Å². The highest BCUT2D eigenvalue weighted by molar-refractivity contribution is 7.11. The van der Waals surface area contributed by atoms with Gasteiger partial charge in [-0.3, -0.25) is 13.9 Å². The molecule has 5 nitrogen and oxygen atoms in total. The first-order valence-corrected chi connectivity index (χ1v) is 8.24. The van der Waals surface area contributed by atoms with E-state index < -0.39 is 0 Å². The van der Waals surface area contributed by atoms with E-state index in [4.69, 9.17) is 0 Å². The lowest BCUT2D eigenvalue weighted by Crippen LogP contribution is -2.41. The van der Waals surface area contributed by atoms with Gasteiger partial charge in [-0.2, -0.15) is 0 Å². The monoisotopic (exact) mass is 331 g/mol. The van der Waals surface area contributed by atoms with E-state index >= 15 is 0 Å². The first-order chi connectivity index (χ1) is 10.9. The molecule has 122 valence electrons. The van der Waals surface area contributed by atoms with Crippen LogP contribution in [0.25, 0.3) is 12.2 Å². The van der Waals surface area contributed by atoms with Gasteiger partial charge in [-0.05, 0) is 26.8 Å². The highest BCUT2D eigenvalue weighted by atomic mass is 32.1. The summed E-state index contributed by atoms with van der Waals surface area (Å²) in [6.45, 7) is 9.80. The molecule has 0 N–H and O–H groups in total. The third-order valence-electron chi connectivity index (χ3n) is 3.72. The molecular weight excluding hydrogens is 310 g/mol. The van der Waals surface area contributed by atoms with Crippen LogP contribution in [-0.4, -0.2) is 14.1 Å². The van der Waals surface area contributed by atoms with Gasteiger partial charge in [0.2, 0.25) is 0 Å². The molecule has 0 saturated carbocycles. The Morgan fingerprint density at radius 3 is 2.52 bits per heavy atom. The quantitative estimate of drug-likeness (QED) is 0.846. The van der Waals surface area contributed by atoms with E-state index in [0.29, 0.717) is 24.2 Å². The molecule has 0 spiro atoms. The molecule has 2 heterocycles. The number of allylic oxidation sites excluding steroid dienone is 1. The molecule has 23 heavy (non-hydrogen) atoms. The molecule has 0 atom stereocenters. The van der Waals surface area contributed by atoms with Crippen molar-refractivity contribution in [3.8, 4) is 0 Å². The summed E-state index contributed by atoms with van der Waals surface area (Å²) in [6, 6.07) is 0. The second kappa shape index (κ2) is 6.91. The summed E-state index contributed by atoms with van der Waals surface area (Å²) in [6.07, 6.45) is 5.68. The number of hydrogen-bond donors (Lipinski definition) is 0. The van der Waals surface area contributed by atoms with E-state index in [9.17, 15) is 9.59 Å². The summed E-state index contributed by atoms with van der Waals surface area (Å²) in [7, 11) is 1.67. The molecule has 2 aromatic heterocycles. The third-order valence-corrected chi connectivity index (χ3v) is 4.85. The van der Waals surface area contributed by atoms with E-state index in [1.807, 2.05) is 20.8 Å². The zero-order chi connectivity index (χ0) is 17.1. The smallest absolute Gasteiger partial charge is 0.296 e. The molecule has 6 heteroatoms. The molecule has 0 fully saturated rings. The lowest BCUT2D eigenvalue weighted by Gasteiger charge is -2.12. The summed E-state index contributed by atoms with van der Waals surface area (Å²) < 4.78 is 2.77. The van der Waals surface area contributed by atoms with Gasteiger partial charge >= 0.3 is 5.69 Å². The van der Waals surface area contributed by atoms with Gasteiger partial charge in [0.1, 0.15) is 0 Å². The Balaban J connectivity index is 2.49. The van der Waals surface area contributed by atoms with Gasteiger partial charge in [0.15, 0.2) is 0 Å². The minimum atomic E-state index is -0.312. The maximum absolute atomic E-state index is 12.6. The van der Waals surface area contributed by atoms with Crippen LogP contribution in [0.3, 0.4) is 0 Å². The Kier molecular flexibility index (Phi) is 5.15. The number of rotatable bonds is 5. The van der Waals surface area contributed by atoms with E-state index in [0.717, 1.165) is 15.6 Å². The van der Waals surface area contributed by atoms with Crippen molar-refractivity contribution in [2.45, 2.75) is 33.7 Å². The molecule has 2 rings (SSSR count). The van der Waals surface area contributed by atoms with E-state index in [1.165, 1.54) is 15.2 Å². The molecule has 0 amide bonds. The molecule has 0 aliphatic carbocycles. The SMILES string of the molecule is C=Cc1c(/C=C\C)n(C)c(=O)n(CCc2sc(C)nc2C)c1=O. The van der Waals surface area contributed by atoms with Crippen molar-refractivity contribution < 1.29 is 0 Å². The second-order valence-corrected chi connectivity index (χ2v) is 6.58. The summed E-state index contributed by atoms with van der Waals surface area (Å²) in [5, 5.41) is 0.993. The lowest BCUT2D eigenvalue weighted by molar-refractivity contribution is 0.587. The Labute approximate surface area is 139 Å². The van der Waals surface area contributed by atoms with Crippen LogP contribution in [0.1, 0.15) is 33.8 Å². The fourth-order valence-corrected chi connectivity index (χ4v) is 3.50. The maximum Gasteiger partial charge on any atom is 0.331 e. The van der Waals surface area contributed by atoms with Crippen LogP contribution >= 0.6 is 11.3 Å². The van der Waals surface area contributed by atoms with Crippen LogP contribution in [-0.2, 0) is 20.0 Å². The van der Waals surface area contributed by atoms with Crippen molar-refractivity contribution in [2.75, 3.05) is 0 Å². The fraction of sp³-hybridized carbons (Fsp3) is 0.353. The predicted octanol–water partition coefficient (Wildman–Crippen LogP) is 2.54. The van der Waals surface area contributed by atoms with Crippen LogP contribution < -0.4 is 11.2 Å². The molecule has 0 aromatic carbocycles. The van der Waals surface area contributed by atoms with Gasteiger partial charge in [0.05, 0.1) is 22.0 Å². The van der Waals surface area contributed by atoms with Crippen molar-refractivity contribution in [2.24, 2.45) is 7.05 Å². The normalized spacial score (nSPS) is 11.3. The lowest BCUT2D eigenvalue weighted by atomic mass is 10.2. The Bertz CT molecular complexity index is 884. The predicted molar refractivity (Wildman–Crippen MR) is 96.0 cm³/mol. The number of aromatic nitrogens is 3. The van der Waals surface area contributed by atoms with Gasteiger partial charge in [-0.25, -0.2) is 9.78 Å². The minimum Gasteiger partial charge on any atom is -0.296 e. The average Bonchev–Trinajstić information content (AvgIpc) is 2.83. The van der Waals surface area contributed by atoms with Gasteiger partial charge in [-0.1, -0.05) is 18.7 Å². The highest BCUT2D eigenvalue weighted by Gasteiger charge is 2.14. The largest absolute Gasteiger partial charge is 0.331 e. The number of nitrogens with zero attached hydrogens (tertiary/aromatic N) is 3. The zero-order valence-electron chi connectivity index (χ0n) is 13.9. The topological polar surface area (TPSA) is 56.9 Å². The maximum atomic E-state index is 12.6. The fourth-order valence-electron chi connectivity index (χ4n) is 2.57. The Morgan fingerprint density at radius 1 is 1.30 bits per heavy atom. The standard InChI is InChI=1S/C17H21N3O2S/c1-6-8-14-13(7-2)16(21)20(17(22)19(14)5)10-9-15-11(3)18-12(4)23-15/h6-8H,2,9-10H2,1,3-5H3/b8-6-. The van der Waals surface area contributed by atoms with E-state index in [-0.39, 0.29) is 11.2 Å². The second-order valence-electron chi connectivity index (χ2n) is 5.29. The Hall–Kier alpha value is -2.21. The first kappa shape index (κ1) is 17.1. The highest BCUT2D eigenvalue weighted by Crippen LogP contribution is 2.17. The Morgan fingerprint density at radius 2 is 2.00 bits per heavy atom. The van der Waals surface area contributed by atoms with Gasteiger partial charge < -0.3 is 0 Å². The molecular formula is C17H21N3O2S. The summed E-state index contributed by atoms with van der Waals surface area (Å²) in [4.78, 5) is 30.6. The molecule has 0 unspecified atom stereocenters. The average molecular weight is 331 g/mol. The third kappa shape index (κ3) is 3.27. The van der Waals surface area contributed by atoms with Crippen LogP contribution in [0.15, 0.2) is 22.2 Å². The number of hydrogen-bond acceptors (Lipinski definition) is 4. The van der Waals surface area contributed by atoms with Crippen molar-refractivity contribution >= 4 is 23.5 Å². The number of thiazole rings is 1. The van der Waals surface area contributed by atoms with Gasteiger partial charge in [0.25, 0.3) is 5.56 Å². The molecule has 2 aromatic rings. The number of aryl methyl sites for hydroxylation is 3. The van der Waals surface area contributed by atoms with Crippen LogP contribution in [0.5, 0.6) is 0 Å².